The number of nitrogens with one attached hydrogen (secondary N) is 1. The summed E-state index contributed by atoms with van der Waals surface area (Å²) < 4.78 is 5.42. The maximum absolute atomic E-state index is 5.42. The average molecular weight is 383 g/mol. The molecule has 1 aromatic heterocycles. The van der Waals surface area contributed by atoms with E-state index >= 15 is 0 Å². The molecule has 0 unspecified atom stereocenters. The molecule has 152 valence electrons. The molecule has 2 aliphatic rings. The van der Waals surface area contributed by atoms with Crippen LogP contribution >= 0.6 is 0 Å². The minimum atomic E-state index is 0.895. The molecule has 1 N–H and O–H groups in total. The predicted molar refractivity (Wildman–Crippen MR) is 116 cm³/mol. The van der Waals surface area contributed by atoms with E-state index in [1.54, 1.807) is 0 Å². The van der Waals surface area contributed by atoms with Crippen LogP contribution in [0.25, 0.3) is 10.9 Å². The zero-order valence-corrected chi connectivity index (χ0v) is 17.0. The lowest BCUT2D eigenvalue weighted by atomic mass is 10.1. The largest absolute Gasteiger partial charge is 0.379 e. The van der Waals surface area contributed by atoms with Crippen LogP contribution in [-0.2, 0) is 11.3 Å². The van der Waals surface area contributed by atoms with E-state index in [0.29, 0.717) is 0 Å². The molecule has 2 saturated heterocycles. The standard InChI is InChI=1S/C23H34N4O/c1-5-12-27(13-6-1)23-21(18-20-8-2-3-9-22(20)25-23)19-24-10-4-7-11-26-14-16-28-17-15-26/h2-3,8-9,18,24H,1,4-7,10-17,19H2. The molecule has 0 amide bonds. The summed E-state index contributed by atoms with van der Waals surface area (Å²) in [6.07, 6.45) is 6.38. The lowest BCUT2D eigenvalue weighted by Gasteiger charge is -2.30. The van der Waals surface area contributed by atoms with Gasteiger partial charge in [-0.05, 0) is 57.3 Å². The van der Waals surface area contributed by atoms with Crippen LogP contribution in [0.4, 0.5) is 5.82 Å². The highest BCUT2D eigenvalue weighted by Crippen LogP contribution is 2.26. The normalized spacial score (nSPS) is 18.6. The number of ether oxygens (including phenoxy) is 1. The summed E-state index contributed by atoms with van der Waals surface area (Å²) in [6, 6.07) is 10.8. The van der Waals surface area contributed by atoms with Crippen molar-refractivity contribution in [1.82, 2.24) is 15.2 Å². The topological polar surface area (TPSA) is 40.6 Å². The monoisotopic (exact) mass is 382 g/mol. The molecule has 0 bridgehead atoms. The van der Waals surface area contributed by atoms with Crippen molar-refractivity contribution in [2.45, 2.75) is 38.6 Å². The Kier molecular flexibility index (Phi) is 7.14. The lowest BCUT2D eigenvalue weighted by Crippen LogP contribution is -2.37. The Morgan fingerprint density at radius 3 is 2.64 bits per heavy atom. The number of nitrogens with zero attached hydrogens (tertiary/aromatic N) is 3. The molecule has 0 saturated carbocycles. The number of piperidine rings is 1. The number of benzene rings is 1. The van der Waals surface area contributed by atoms with Crippen molar-refractivity contribution in [3.63, 3.8) is 0 Å². The summed E-state index contributed by atoms with van der Waals surface area (Å²) >= 11 is 0. The fraction of sp³-hybridized carbons (Fsp3) is 0.609. The van der Waals surface area contributed by atoms with Crippen molar-refractivity contribution >= 4 is 16.7 Å². The van der Waals surface area contributed by atoms with Gasteiger partial charge in [0.25, 0.3) is 0 Å². The fourth-order valence-electron chi connectivity index (χ4n) is 4.29. The van der Waals surface area contributed by atoms with Crippen molar-refractivity contribution < 1.29 is 4.74 Å². The van der Waals surface area contributed by atoms with E-state index in [1.165, 1.54) is 55.4 Å². The van der Waals surface area contributed by atoms with Crippen LogP contribution in [0.5, 0.6) is 0 Å². The second kappa shape index (κ2) is 10.2. The molecule has 5 nitrogen and oxygen atoms in total. The first-order valence-corrected chi connectivity index (χ1v) is 11.0. The molecule has 0 spiro atoms. The van der Waals surface area contributed by atoms with Gasteiger partial charge in [0.2, 0.25) is 0 Å². The first-order chi connectivity index (χ1) is 13.9. The van der Waals surface area contributed by atoms with Crippen LogP contribution in [0.15, 0.2) is 30.3 Å². The number of hydrogen-bond acceptors (Lipinski definition) is 5. The molecular formula is C23H34N4O. The molecular weight excluding hydrogens is 348 g/mol. The molecule has 5 heteroatoms. The summed E-state index contributed by atoms with van der Waals surface area (Å²) in [6.45, 7) is 9.42. The molecule has 28 heavy (non-hydrogen) atoms. The van der Waals surface area contributed by atoms with Gasteiger partial charge in [0, 0.05) is 43.7 Å². The van der Waals surface area contributed by atoms with Gasteiger partial charge in [-0.3, -0.25) is 4.90 Å². The highest BCUT2D eigenvalue weighted by molar-refractivity contribution is 5.81. The maximum atomic E-state index is 5.42. The summed E-state index contributed by atoms with van der Waals surface area (Å²) in [5.41, 5.74) is 2.45. The van der Waals surface area contributed by atoms with Gasteiger partial charge in [0.05, 0.1) is 18.7 Å². The molecule has 2 fully saturated rings. The molecule has 4 rings (SSSR count). The molecule has 1 aromatic carbocycles. The summed E-state index contributed by atoms with van der Waals surface area (Å²) in [5.74, 6) is 1.19. The second-order valence-corrected chi connectivity index (χ2v) is 8.05. The smallest absolute Gasteiger partial charge is 0.133 e. The average Bonchev–Trinajstić information content (AvgIpc) is 2.77. The van der Waals surface area contributed by atoms with Crippen LogP contribution in [0.1, 0.15) is 37.7 Å². The van der Waals surface area contributed by atoms with Gasteiger partial charge in [-0.15, -0.1) is 0 Å². The Morgan fingerprint density at radius 2 is 1.79 bits per heavy atom. The maximum Gasteiger partial charge on any atom is 0.133 e. The highest BCUT2D eigenvalue weighted by Gasteiger charge is 2.17. The Bertz CT molecular complexity index is 738. The molecule has 0 radical (unpaired) electrons. The Hall–Kier alpha value is -1.69. The number of pyridine rings is 1. The van der Waals surface area contributed by atoms with E-state index in [4.69, 9.17) is 9.72 Å². The number of unbranched alkanes of at least 4 members (excludes halogenated alkanes) is 1. The zero-order valence-electron chi connectivity index (χ0n) is 17.0. The Balaban J connectivity index is 1.32. The van der Waals surface area contributed by atoms with Crippen molar-refractivity contribution in [3.05, 3.63) is 35.9 Å². The van der Waals surface area contributed by atoms with Crippen LogP contribution in [-0.4, -0.2) is 62.4 Å². The molecule has 0 aliphatic carbocycles. The SMILES string of the molecule is c1ccc2nc(N3CCCCC3)c(CNCCCCN3CCOCC3)cc2c1. The number of rotatable bonds is 8. The minimum Gasteiger partial charge on any atom is -0.379 e. The van der Waals surface area contributed by atoms with Crippen LogP contribution < -0.4 is 10.2 Å². The van der Waals surface area contributed by atoms with Gasteiger partial charge in [0.1, 0.15) is 5.82 Å². The van der Waals surface area contributed by atoms with E-state index in [9.17, 15) is 0 Å². The number of anilines is 1. The van der Waals surface area contributed by atoms with Gasteiger partial charge in [-0.1, -0.05) is 18.2 Å². The van der Waals surface area contributed by atoms with E-state index in [1.807, 2.05) is 0 Å². The number of fused-ring (bicyclic) bond motifs is 1. The van der Waals surface area contributed by atoms with Gasteiger partial charge in [-0.2, -0.15) is 0 Å². The highest BCUT2D eigenvalue weighted by atomic mass is 16.5. The third-order valence-electron chi connectivity index (χ3n) is 5.93. The summed E-state index contributed by atoms with van der Waals surface area (Å²) in [5, 5.41) is 4.92. The number of morpholine rings is 1. The molecule has 2 aliphatic heterocycles. The zero-order chi connectivity index (χ0) is 19.0. The van der Waals surface area contributed by atoms with Crippen LogP contribution in [0, 0.1) is 0 Å². The van der Waals surface area contributed by atoms with Crippen LogP contribution in [0.3, 0.4) is 0 Å². The molecule has 2 aromatic rings. The fourth-order valence-corrected chi connectivity index (χ4v) is 4.29. The Labute approximate surface area is 169 Å². The van der Waals surface area contributed by atoms with Crippen LogP contribution in [0.2, 0.25) is 0 Å². The summed E-state index contributed by atoms with van der Waals surface area (Å²) in [7, 11) is 0. The van der Waals surface area contributed by atoms with Crippen molar-refractivity contribution in [2.75, 3.05) is 57.4 Å². The third-order valence-corrected chi connectivity index (χ3v) is 5.93. The van der Waals surface area contributed by atoms with E-state index < -0.39 is 0 Å². The summed E-state index contributed by atoms with van der Waals surface area (Å²) in [4.78, 5) is 10.1. The van der Waals surface area contributed by atoms with E-state index in [2.05, 4.69) is 45.4 Å². The van der Waals surface area contributed by atoms with E-state index in [-0.39, 0.29) is 0 Å². The van der Waals surface area contributed by atoms with Gasteiger partial charge in [0.15, 0.2) is 0 Å². The predicted octanol–water partition coefficient (Wildman–Crippen LogP) is 3.43. The minimum absolute atomic E-state index is 0.895. The quantitative estimate of drug-likeness (QED) is 0.709. The lowest BCUT2D eigenvalue weighted by molar-refractivity contribution is 0.0372. The Morgan fingerprint density at radius 1 is 0.964 bits per heavy atom. The number of aromatic nitrogens is 1. The number of hydrogen-bond donors (Lipinski definition) is 1. The van der Waals surface area contributed by atoms with Crippen molar-refractivity contribution in [1.29, 1.82) is 0 Å². The van der Waals surface area contributed by atoms with Crippen molar-refractivity contribution in [3.8, 4) is 0 Å². The van der Waals surface area contributed by atoms with Crippen molar-refractivity contribution in [2.24, 2.45) is 0 Å². The molecule has 0 atom stereocenters. The molecule has 3 heterocycles. The first-order valence-electron chi connectivity index (χ1n) is 11.0. The second-order valence-electron chi connectivity index (χ2n) is 8.05. The van der Waals surface area contributed by atoms with Gasteiger partial charge < -0.3 is 15.0 Å². The van der Waals surface area contributed by atoms with Gasteiger partial charge >= 0.3 is 0 Å². The number of para-hydroxylation sites is 1. The third kappa shape index (κ3) is 5.22. The van der Waals surface area contributed by atoms with E-state index in [0.717, 1.165) is 58.0 Å². The first kappa shape index (κ1) is 19.6. The van der Waals surface area contributed by atoms with Gasteiger partial charge in [-0.25, -0.2) is 4.98 Å².